The quantitative estimate of drug-likeness (QED) is 0.815. The van der Waals surface area contributed by atoms with E-state index in [2.05, 4.69) is 4.40 Å². The molecule has 0 fully saturated rings. The monoisotopic (exact) mass is 298 g/mol. The highest BCUT2D eigenvalue weighted by Gasteiger charge is 2.10. The first-order valence-electron chi connectivity index (χ1n) is 6.36. The second-order valence-electron chi connectivity index (χ2n) is 4.59. The Kier molecular flexibility index (Phi) is 4.51. The van der Waals surface area contributed by atoms with Crippen LogP contribution in [0.5, 0.6) is 0 Å². The van der Waals surface area contributed by atoms with Crippen LogP contribution >= 0.6 is 0 Å². The minimum atomic E-state index is -3.64. The summed E-state index contributed by atoms with van der Waals surface area (Å²) < 4.78 is 27.7. The molecule has 0 aliphatic rings. The molecule has 0 atom stereocenters. The number of nitriles is 1. The molecule has 0 saturated carbocycles. The van der Waals surface area contributed by atoms with Crippen LogP contribution in [0, 0.1) is 18.3 Å². The maximum absolute atomic E-state index is 12.0. The number of rotatable bonds is 4. The molecule has 0 heterocycles. The van der Waals surface area contributed by atoms with Gasteiger partial charge in [0.2, 0.25) is 0 Å². The molecule has 0 spiro atoms. The van der Waals surface area contributed by atoms with Gasteiger partial charge in [-0.25, -0.2) is 0 Å². The van der Waals surface area contributed by atoms with E-state index >= 15 is 0 Å². The number of aryl methyl sites for hydroxylation is 1. The van der Waals surface area contributed by atoms with Crippen molar-refractivity contribution in [2.75, 3.05) is 0 Å². The zero-order valence-corrected chi connectivity index (χ0v) is 12.3. The van der Waals surface area contributed by atoms with E-state index in [-0.39, 0.29) is 4.90 Å². The van der Waals surface area contributed by atoms with Gasteiger partial charge in [-0.1, -0.05) is 29.8 Å². The number of sulfonamides is 1. The van der Waals surface area contributed by atoms with Gasteiger partial charge in [-0.05, 0) is 36.8 Å². The largest absolute Gasteiger partial charge is 0.281 e. The maximum Gasteiger partial charge on any atom is 0.281 e. The van der Waals surface area contributed by atoms with Crippen molar-refractivity contribution >= 4 is 16.2 Å². The molecule has 2 aromatic carbocycles. The lowest BCUT2D eigenvalue weighted by molar-refractivity contribution is 0.598. The molecule has 0 radical (unpaired) electrons. The highest BCUT2D eigenvalue weighted by Crippen LogP contribution is 2.13. The van der Waals surface area contributed by atoms with Crippen molar-refractivity contribution in [2.45, 2.75) is 18.2 Å². The van der Waals surface area contributed by atoms with Crippen LogP contribution in [0.2, 0.25) is 0 Å². The Labute approximate surface area is 124 Å². The van der Waals surface area contributed by atoms with Gasteiger partial charge in [-0.3, -0.25) is 0 Å². The number of nitrogens with zero attached hydrogens (tertiary/aromatic N) is 2. The van der Waals surface area contributed by atoms with Gasteiger partial charge in [0.15, 0.2) is 0 Å². The third-order valence-corrected chi connectivity index (χ3v) is 4.24. The van der Waals surface area contributed by atoms with Crippen LogP contribution in [0.15, 0.2) is 57.8 Å². The van der Waals surface area contributed by atoms with Gasteiger partial charge in [-0.15, -0.1) is 0 Å². The van der Waals surface area contributed by atoms with E-state index in [1.165, 1.54) is 6.21 Å². The van der Waals surface area contributed by atoms with E-state index in [1.807, 2.05) is 13.0 Å². The van der Waals surface area contributed by atoms with Gasteiger partial charge in [0.05, 0.1) is 16.5 Å². The summed E-state index contributed by atoms with van der Waals surface area (Å²) >= 11 is 0. The van der Waals surface area contributed by atoms with Crippen LogP contribution in [-0.4, -0.2) is 14.6 Å². The first-order valence-corrected chi connectivity index (χ1v) is 7.80. The van der Waals surface area contributed by atoms with Gasteiger partial charge in [0.1, 0.15) is 0 Å². The van der Waals surface area contributed by atoms with Crippen molar-refractivity contribution in [2.24, 2.45) is 4.40 Å². The average Bonchev–Trinajstić information content (AvgIpc) is 2.48. The van der Waals surface area contributed by atoms with Crippen molar-refractivity contribution in [1.82, 2.24) is 0 Å². The van der Waals surface area contributed by atoms with Crippen LogP contribution in [0.3, 0.4) is 0 Å². The van der Waals surface area contributed by atoms with E-state index in [9.17, 15) is 8.42 Å². The fourth-order valence-corrected chi connectivity index (χ4v) is 2.60. The molecule has 0 aliphatic carbocycles. The molecule has 0 amide bonds. The van der Waals surface area contributed by atoms with Crippen molar-refractivity contribution in [1.29, 1.82) is 5.26 Å². The van der Waals surface area contributed by atoms with Gasteiger partial charge in [0.25, 0.3) is 10.0 Å². The van der Waals surface area contributed by atoms with E-state index in [1.54, 1.807) is 48.5 Å². The third-order valence-electron chi connectivity index (χ3n) is 2.94. The standard InChI is InChI=1S/C16H14N2O2S/c1-13-2-8-16(9-3-13)21(19,20)18-11-10-14-4-6-15(12-17)7-5-14/h2-9,11H,10H2,1H3. The van der Waals surface area contributed by atoms with E-state index in [0.29, 0.717) is 12.0 Å². The maximum atomic E-state index is 12.0. The molecule has 4 nitrogen and oxygen atoms in total. The third kappa shape index (κ3) is 4.01. The Hall–Kier alpha value is -2.45. The minimum Gasteiger partial charge on any atom is -0.199 e. The number of benzene rings is 2. The average molecular weight is 298 g/mol. The van der Waals surface area contributed by atoms with Crippen LogP contribution in [0.1, 0.15) is 16.7 Å². The molecule has 5 heteroatoms. The van der Waals surface area contributed by atoms with Gasteiger partial charge in [-0.2, -0.15) is 18.1 Å². The molecule has 21 heavy (non-hydrogen) atoms. The van der Waals surface area contributed by atoms with Crippen molar-refractivity contribution in [3.63, 3.8) is 0 Å². The Bertz CT molecular complexity index is 784. The molecule has 2 rings (SSSR count). The lowest BCUT2D eigenvalue weighted by Gasteiger charge is -1.99. The molecule has 0 bridgehead atoms. The number of hydrogen-bond acceptors (Lipinski definition) is 3. The molecule has 0 N–H and O–H groups in total. The lowest BCUT2D eigenvalue weighted by Crippen LogP contribution is -1.98. The summed E-state index contributed by atoms with van der Waals surface area (Å²) in [7, 11) is -3.64. The van der Waals surface area contributed by atoms with Crippen molar-refractivity contribution in [3.05, 3.63) is 65.2 Å². The summed E-state index contributed by atoms with van der Waals surface area (Å²) in [5.41, 5.74) is 2.47. The zero-order chi connectivity index (χ0) is 15.3. The van der Waals surface area contributed by atoms with Crippen LogP contribution in [-0.2, 0) is 16.4 Å². The number of hydrogen-bond donors (Lipinski definition) is 0. The van der Waals surface area contributed by atoms with Crippen LogP contribution in [0.4, 0.5) is 0 Å². The van der Waals surface area contributed by atoms with Crippen molar-refractivity contribution < 1.29 is 8.42 Å². The summed E-state index contributed by atoms with van der Waals surface area (Å²) in [6.45, 7) is 1.89. The highest BCUT2D eigenvalue weighted by molar-refractivity contribution is 7.90. The predicted octanol–water partition coefficient (Wildman–Crippen LogP) is 2.87. The minimum absolute atomic E-state index is 0.184. The van der Waals surface area contributed by atoms with Crippen LogP contribution in [0.25, 0.3) is 0 Å². The zero-order valence-electron chi connectivity index (χ0n) is 11.5. The first kappa shape index (κ1) is 14.9. The second kappa shape index (κ2) is 6.33. The Morgan fingerprint density at radius 3 is 2.29 bits per heavy atom. The SMILES string of the molecule is Cc1ccc(S(=O)(=O)N=CCc2ccc(C#N)cc2)cc1. The van der Waals surface area contributed by atoms with Crippen molar-refractivity contribution in [3.8, 4) is 6.07 Å². The van der Waals surface area contributed by atoms with Gasteiger partial charge < -0.3 is 0 Å². The highest BCUT2D eigenvalue weighted by atomic mass is 32.2. The van der Waals surface area contributed by atoms with Gasteiger partial charge >= 0.3 is 0 Å². The molecular weight excluding hydrogens is 284 g/mol. The molecule has 0 unspecified atom stereocenters. The second-order valence-corrected chi connectivity index (χ2v) is 6.22. The van der Waals surface area contributed by atoms with E-state index in [4.69, 9.17) is 5.26 Å². The predicted molar refractivity (Wildman–Crippen MR) is 81.7 cm³/mol. The Morgan fingerprint density at radius 1 is 1.10 bits per heavy atom. The van der Waals surface area contributed by atoms with E-state index in [0.717, 1.165) is 11.1 Å². The Balaban J connectivity index is 2.09. The smallest absolute Gasteiger partial charge is 0.199 e. The van der Waals surface area contributed by atoms with Gasteiger partial charge in [0, 0.05) is 12.6 Å². The normalized spacial score (nSPS) is 11.4. The van der Waals surface area contributed by atoms with Crippen LogP contribution < -0.4 is 0 Å². The summed E-state index contributed by atoms with van der Waals surface area (Å²) in [4.78, 5) is 0.184. The fraction of sp³-hybridized carbons (Fsp3) is 0.125. The molecule has 0 aromatic heterocycles. The molecule has 0 aliphatic heterocycles. The summed E-state index contributed by atoms with van der Waals surface area (Å²) in [6, 6.07) is 15.5. The lowest BCUT2D eigenvalue weighted by atomic mass is 10.1. The van der Waals surface area contributed by atoms with E-state index < -0.39 is 10.0 Å². The molecule has 2 aromatic rings. The Morgan fingerprint density at radius 2 is 1.71 bits per heavy atom. The summed E-state index contributed by atoms with van der Waals surface area (Å²) in [5, 5.41) is 8.70. The molecule has 0 saturated heterocycles. The summed E-state index contributed by atoms with van der Waals surface area (Å²) in [5.74, 6) is 0. The topological polar surface area (TPSA) is 70.3 Å². The molecular formula is C16H14N2O2S. The molecule has 106 valence electrons. The summed E-state index contributed by atoms with van der Waals surface area (Å²) in [6.07, 6.45) is 1.77. The first-order chi connectivity index (χ1) is 10.0. The fourth-order valence-electron chi connectivity index (χ4n) is 1.73.